The van der Waals surface area contributed by atoms with Crippen LogP contribution in [0.15, 0.2) is 91.0 Å². The first kappa shape index (κ1) is 26.7. The molecule has 0 aliphatic heterocycles. The van der Waals surface area contributed by atoms with Gasteiger partial charge in [-0.2, -0.15) is 0 Å². The van der Waals surface area contributed by atoms with E-state index in [1.54, 1.807) is 24.3 Å². The van der Waals surface area contributed by atoms with Gasteiger partial charge in [0.25, 0.3) is 5.17 Å². The number of hydrogen-bond donors (Lipinski definition) is 1. The average Bonchev–Trinajstić information content (AvgIpc) is 2.89. The van der Waals surface area contributed by atoms with Gasteiger partial charge in [-0.3, -0.25) is 0 Å². The van der Waals surface area contributed by atoms with Crippen LogP contribution in [0.2, 0.25) is 0 Å². The Labute approximate surface area is 218 Å². The standard InChI is InChI=1S/C19H17NOS.C11H15NO2/c1-14-6-5-9-17(12-14)20(2)19(22)21-18-11-10-15-7-3-4-8-16(15)13-18;1-2-3-8-14-11(13)9-4-6-10(12)7-5-9/h3-13H,1-2H3;4-7H,2-3,8,12H2,1H3. The fourth-order valence-corrected chi connectivity index (χ4v) is 3.56. The Morgan fingerprint density at radius 1 is 0.917 bits per heavy atom. The van der Waals surface area contributed by atoms with Crippen LogP contribution in [0.3, 0.4) is 0 Å². The van der Waals surface area contributed by atoms with E-state index in [4.69, 9.17) is 27.4 Å². The normalized spacial score (nSPS) is 10.2. The highest BCUT2D eigenvalue weighted by atomic mass is 32.1. The molecular weight excluding hydrogens is 468 g/mol. The summed E-state index contributed by atoms with van der Waals surface area (Å²) in [5.74, 6) is 0.474. The third-order valence-corrected chi connectivity index (χ3v) is 5.82. The van der Waals surface area contributed by atoms with E-state index in [1.165, 1.54) is 10.9 Å². The summed E-state index contributed by atoms with van der Waals surface area (Å²) in [5.41, 5.74) is 8.91. The summed E-state index contributed by atoms with van der Waals surface area (Å²) in [5, 5.41) is 2.76. The van der Waals surface area contributed by atoms with Crippen molar-refractivity contribution in [1.29, 1.82) is 0 Å². The highest BCUT2D eigenvalue weighted by Crippen LogP contribution is 2.22. The van der Waals surface area contributed by atoms with Crippen LogP contribution in [0.25, 0.3) is 10.8 Å². The molecule has 0 aliphatic carbocycles. The van der Waals surface area contributed by atoms with Gasteiger partial charge in [0.15, 0.2) is 0 Å². The number of aryl methyl sites for hydroxylation is 1. The first-order valence-corrected chi connectivity index (χ1v) is 12.3. The summed E-state index contributed by atoms with van der Waals surface area (Å²) in [6.07, 6.45) is 1.93. The molecule has 0 heterocycles. The Hall–Kier alpha value is -3.90. The van der Waals surface area contributed by atoms with Gasteiger partial charge in [0.05, 0.1) is 12.2 Å². The topological polar surface area (TPSA) is 64.8 Å². The second kappa shape index (κ2) is 13.3. The van der Waals surface area contributed by atoms with Crippen LogP contribution < -0.4 is 15.4 Å². The molecule has 4 aromatic rings. The minimum atomic E-state index is -0.279. The van der Waals surface area contributed by atoms with Gasteiger partial charge in [-0.15, -0.1) is 0 Å². The van der Waals surface area contributed by atoms with E-state index in [1.807, 2.05) is 54.4 Å². The number of thiocarbonyl (C=S) groups is 1. The average molecular weight is 501 g/mol. The lowest BCUT2D eigenvalue weighted by Crippen LogP contribution is -2.29. The largest absolute Gasteiger partial charge is 0.462 e. The van der Waals surface area contributed by atoms with Crippen LogP contribution in [0, 0.1) is 6.92 Å². The molecule has 0 unspecified atom stereocenters. The van der Waals surface area contributed by atoms with E-state index in [2.05, 4.69) is 38.1 Å². The number of carbonyl (C=O) groups excluding carboxylic acids is 1. The smallest absolute Gasteiger partial charge is 0.338 e. The van der Waals surface area contributed by atoms with Crippen LogP contribution in [0.1, 0.15) is 35.7 Å². The molecule has 0 aromatic heterocycles. The molecule has 0 spiro atoms. The van der Waals surface area contributed by atoms with Crippen molar-refractivity contribution in [2.24, 2.45) is 0 Å². The van der Waals surface area contributed by atoms with Crippen molar-refractivity contribution in [3.8, 4) is 5.75 Å². The van der Waals surface area contributed by atoms with Gasteiger partial charge in [-0.05, 0) is 90.4 Å². The maximum absolute atomic E-state index is 11.4. The van der Waals surface area contributed by atoms with E-state index in [9.17, 15) is 4.79 Å². The van der Waals surface area contributed by atoms with E-state index >= 15 is 0 Å². The number of anilines is 2. The number of rotatable bonds is 6. The lowest BCUT2D eigenvalue weighted by atomic mass is 10.1. The summed E-state index contributed by atoms with van der Waals surface area (Å²) in [6, 6.07) is 29.1. The molecule has 0 atom stereocenters. The maximum Gasteiger partial charge on any atom is 0.338 e. The van der Waals surface area contributed by atoms with Crippen molar-refractivity contribution in [3.63, 3.8) is 0 Å². The van der Waals surface area contributed by atoms with Gasteiger partial charge in [0.2, 0.25) is 0 Å². The van der Waals surface area contributed by atoms with Gasteiger partial charge in [0, 0.05) is 18.4 Å². The van der Waals surface area contributed by atoms with E-state index in [-0.39, 0.29) is 5.97 Å². The number of ether oxygens (including phenoxy) is 2. The minimum absolute atomic E-state index is 0.279. The van der Waals surface area contributed by atoms with Crippen LogP contribution >= 0.6 is 12.2 Å². The van der Waals surface area contributed by atoms with Crippen LogP contribution in [0.4, 0.5) is 11.4 Å². The second-order valence-corrected chi connectivity index (χ2v) is 8.74. The molecule has 0 aliphatic rings. The van der Waals surface area contributed by atoms with Gasteiger partial charge in [-0.1, -0.05) is 55.8 Å². The number of nitrogens with two attached hydrogens (primary N) is 1. The minimum Gasteiger partial charge on any atom is -0.462 e. The maximum atomic E-state index is 11.4. The molecule has 36 heavy (non-hydrogen) atoms. The Kier molecular flexibility index (Phi) is 9.83. The van der Waals surface area contributed by atoms with Gasteiger partial charge >= 0.3 is 5.97 Å². The van der Waals surface area contributed by atoms with Crippen LogP contribution in [-0.4, -0.2) is 24.8 Å². The summed E-state index contributed by atoms with van der Waals surface area (Å²) in [7, 11) is 1.91. The van der Waals surface area contributed by atoms with E-state index < -0.39 is 0 Å². The molecule has 4 rings (SSSR count). The Bertz CT molecular complexity index is 1310. The van der Waals surface area contributed by atoms with E-state index in [0.29, 0.717) is 23.0 Å². The Morgan fingerprint density at radius 3 is 2.33 bits per heavy atom. The lowest BCUT2D eigenvalue weighted by Gasteiger charge is -2.20. The molecule has 4 aromatic carbocycles. The van der Waals surface area contributed by atoms with Crippen molar-refractivity contribution < 1.29 is 14.3 Å². The molecule has 186 valence electrons. The van der Waals surface area contributed by atoms with Crippen molar-refractivity contribution in [2.75, 3.05) is 24.3 Å². The summed E-state index contributed by atoms with van der Waals surface area (Å²) in [6.45, 7) is 4.60. The zero-order valence-corrected chi connectivity index (χ0v) is 21.8. The monoisotopic (exact) mass is 500 g/mol. The molecule has 0 fully saturated rings. The molecular formula is C30H32N2O3S. The summed E-state index contributed by atoms with van der Waals surface area (Å²) in [4.78, 5) is 13.2. The molecule has 0 saturated carbocycles. The number of nitrogens with zero attached hydrogens (tertiary/aromatic N) is 1. The van der Waals surface area contributed by atoms with Gasteiger partial charge < -0.3 is 20.1 Å². The Balaban J connectivity index is 0.000000223. The molecule has 2 N–H and O–H groups in total. The van der Waals surface area contributed by atoms with Crippen LogP contribution in [-0.2, 0) is 4.74 Å². The summed E-state index contributed by atoms with van der Waals surface area (Å²) >= 11 is 5.41. The van der Waals surface area contributed by atoms with Crippen molar-refractivity contribution in [2.45, 2.75) is 26.7 Å². The SMILES string of the molecule is CCCCOC(=O)c1ccc(N)cc1.Cc1cccc(N(C)C(=S)Oc2ccc3ccccc3c2)c1. The van der Waals surface area contributed by atoms with E-state index in [0.717, 1.165) is 29.7 Å². The number of unbranched alkanes of at least 4 members (excludes halogenated alkanes) is 1. The molecule has 0 radical (unpaired) electrons. The number of benzene rings is 4. The third kappa shape index (κ3) is 7.82. The summed E-state index contributed by atoms with van der Waals surface area (Å²) < 4.78 is 10.9. The third-order valence-electron chi connectivity index (χ3n) is 5.47. The van der Waals surface area contributed by atoms with Crippen molar-refractivity contribution >= 4 is 45.5 Å². The fraction of sp³-hybridized carbons (Fsp3) is 0.200. The molecule has 0 amide bonds. The number of fused-ring (bicyclic) bond motifs is 1. The first-order chi connectivity index (χ1) is 17.4. The Morgan fingerprint density at radius 2 is 1.64 bits per heavy atom. The zero-order valence-electron chi connectivity index (χ0n) is 20.9. The predicted octanol–water partition coefficient (Wildman–Crippen LogP) is 7.17. The second-order valence-electron chi connectivity index (χ2n) is 8.39. The number of carbonyl (C=O) groups is 1. The fourth-order valence-electron chi connectivity index (χ4n) is 3.35. The zero-order chi connectivity index (χ0) is 25.9. The van der Waals surface area contributed by atoms with Crippen LogP contribution in [0.5, 0.6) is 5.75 Å². The molecule has 0 saturated heterocycles. The van der Waals surface area contributed by atoms with Gasteiger partial charge in [0.1, 0.15) is 5.75 Å². The molecule has 5 nitrogen and oxygen atoms in total. The first-order valence-electron chi connectivity index (χ1n) is 11.9. The predicted molar refractivity (Wildman–Crippen MR) is 153 cm³/mol. The van der Waals surface area contributed by atoms with Crippen molar-refractivity contribution in [1.82, 2.24) is 0 Å². The highest BCUT2D eigenvalue weighted by Gasteiger charge is 2.10. The number of nitrogen functional groups attached to an aromatic ring is 1. The molecule has 0 bridgehead atoms. The van der Waals surface area contributed by atoms with Crippen molar-refractivity contribution in [3.05, 3.63) is 102 Å². The number of hydrogen-bond acceptors (Lipinski definition) is 5. The highest BCUT2D eigenvalue weighted by molar-refractivity contribution is 7.80. The number of esters is 1. The lowest BCUT2D eigenvalue weighted by molar-refractivity contribution is 0.0500. The molecule has 6 heteroatoms. The van der Waals surface area contributed by atoms with Gasteiger partial charge in [-0.25, -0.2) is 4.79 Å². The quantitative estimate of drug-likeness (QED) is 0.131.